The second-order valence-electron chi connectivity index (χ2n) is 11.9. The first kappa shape index (κ1) is 34.4. The van der Waals surface area contributed by atoms with Crippen molar-refractivity contribution in [1.82, 2.24) is 0 Å². The normalized spacial score (nSPS) is 11.5. The maximum absolute atomic E-state index is 5.94. The van der Waals surface area contributed by atoms with E-state index in [-0.39, 0.29) is 0 Å². The molecular weight excluding hydrogens is 637 g/mol. The molecule has 0 spiro atoms. The first-order chi connectivity index (χ1) is 24.9. The SMILES string of the molecule is COc1cc(N=Nc2ccc(N=Nc3ccc(OCc4ccccc4)cc3C)cc2)c(C)cc1N=Nc1ccc(OCc2ccccc2)cc1C. The number of benzene rings is 6. The number of rotatable bonds is 13. The second-order valence-corrected chi connectivity index (χ2v) is 11.9. The lowest BCUT2D eigenvalue weighted by Crippen LogP contribution is -1.95. The minimum Gasteiger partial charge on any atom is -0.494 e. The van der Waals surface area contributed by atoms with Gasteiger partial charge in [-0.15, -0.1) is 5.11 Å². The Morgan fingerprint density at radius 3 is 1.31 bits per heavy atom. The lowest BCUT2D eigenvalue weighted by molar-refractivity contribution is 0.306. The summed E-state index contributed by atoms with van der Waals surface area (Å²) in [6.07, 6.45) is 0. The van der Waals surface area contributed by atoms with Crippen LogP contribution < -0.4 is 14.2 Å². The summed E-state index contributed by atoms with van der Waals surface area (Å²) in [6.45, 7) is 6.93. The Labute approximate surface area is 298 Å². The summed E-state index contributed by atoms with van der Waals surface area (Å²) in [4.78, 5) is 0. The van der Waals surface area contributed by atoms with Gasteiger partial charge >= 0.3 is 0 Å². The molecule has 6 rings (SSSR count). The molecule has 0 aliphatic heterocycles. The lowest BCUT2D eigenvalue weighted by atomic mass is 10.1. The molecule has 51 heavy (non-hydrogen) atoms. The van der Waals surface area contributed by atoms with E-state index in [1.165, 1.54) is 0 Å². The zero-order chi connectivity index (χ0) is 35.4. The van der Waals surface area contributed by atoms with Crippen LogP contribution in [0.4, 0.5) is 34.1 Å². The van der Waals surface area contributed by atoms with Crippen LogP contribution in [0.15, 0.2) is 164 Å². The van der Waals surface area contributed by atoms with Gasteiger partial charge in [0.2, 0.25) is 0 Å². The number of methoxy groups -OCH3 is 1. The molecule has 0 saturated heterocycles. The number of hydrogen-bond donors (Lipinski definition) is 0. The van der Waals surface area contributed by atoms with E-state index in [2.05, 4.69) is 30.7 Å². The summed E-state index contributed by atoms with van der Waals surface area (Å²) in [6, 6.07) is 42.8. The van der Waals surface area contributed by atoms with Crippen LogP contribution in [0.1, 0.15) is 27.8 Å². The highest BCUT2D eigenvalue weighted by atomic mass is 16.5. The molecule has 9 nitrogen and oxygen atoms in total. The van der Waals surface area contributed by atoms with Crippen LogP contribution in [-0.2, 0) is 13.2 Å². The van der Waals surface area contributed by atoms with E-state index < -0.39 is 0 Å². The van der Waals surface area contributed by atoms with Gasteiger partial charge in [0.05, 0.1) is 35.5 Å². The van der Waals surface area contributed by atoms with Crippen LogP contribution in [0.3, 0.4) is 0 Å². The topological polar surface area (TPSA) is 102 Å². The zero-order valence-electron chi connectivity index (χ0n) is 29.0. The Bertz CT molecular complexity index is 2170. The lowest BCUT2D eigenvalue weighted by Gasteiger charge is -2.09. The van der Waals surface area contributed by atoms with E-state index in [1.54, 1.807) is 7.11 Å². The largest absolute Gasteiger partial charge is 0.494 e. The first-order valence-electron chi connectivity index (χ1n) is 16.5. The summed E-state index contributed by atoms with van der Waals surface area (Å²) < 4.78 is 17.5. The smallest absolute Gasteiger partial charge is 0.148 e. The van der Waals surface area contributed by atoms with E-state index in [9.17, 15) is 0 Å². The monoisotopic (exact) mass is 674 g/mol. The standard InChI is InChI=1S/C42H38N6O3/c1-29-23-36(50-27-32-11-7-5-8-12-32)19-21-38(29)45-43-34-15-17-35(18-16-34)44-47-40-26-42(49-4)41(25-31(40)3)48-46-39-22-20-37(24-30(39)2)51-28-33-13-9-6-10-14-33/h5-26H,27-28H2,1-4H3. The minimum atomic E-state index is 0.501. The van der Waals surface area contributed by atoms with Crippen LogP contribution in [0.5, 0.6) is 17.2 Å². The highest BCUT2D eigenvalue weighted by Crippen LogP contribution is 2.37. The minimum absolute atomic E-state index is 0.501. The molecule has 0 unspecified atom stereocenters. The Hall–Kier alpha value is -6.48. The summed E-state index contributed by atoms with van der Waals surface area (Å²) in [7, 11) is 1.59. The number of aryl methyl sites for hydroxylation is 3. The highest BCUT2D eigenvalue weighted by Gasteiger charge is 2.09. The maximum Gasteiger partial charge on any atom is 0.148 e. The van der Waals surface area contributed by atoms with Crippen LogP contribution >= 0.6 is 0 Å². The van der Waals surface area contributed by atoms with Crippen molar-refractivity contribution in [2.45, 2.75) is 34.0 Å². The average molecular weight is 675 g/mol. The molecule has 9 heteroatoms. The highest BCUT2D eigenvalue weighted by molar-refractivity contribution is 5.63. The third-order valence-corrected chi connectivity index (χ3v) is 7.99. The van der Waals surface area contributed by atoms with E-state index in [4.69, 9.17) is 14.2 Å². The average Bonchev–Trinajstić information content (AvgIpc) is 3.16. The van der Waals surface area contributed by atoms with Crippen molar-refractivity contribution < 1.29 is 14.2 Å². The number of hydrogen-bond acceptors (Lipinski definition) is 9. The Kier molecular flexibility index (Phi) is 11.3. The van der Waals surface area contributed by atoms with Crippen LogP contribution in [0.2, 0.25) is 0 Å². The number of azo groups is 3. The Balaban J connectivity index is 1.06. The molecule has 0 N–H and O–H groups in total. The fourth-order valence-corrected chi connectivity index (χ4v) is 5.07. The van der Waals surface area contributed by atoms with Crippen molar-refractivity contribution in [2.24, 2.45) is 30.7 Å². The van der Waals surface area contributed by atoms with Crippen molar-refractivity contribution >= 4 is 34.1 Å². The van der Waals surface area contributed by atoms with Gasteiger partial charge in [-0.05, 0) is 115 Å². The molecule has 0 fully saturated rings. The molecule has 0 atom stereocenters. The van der Waals surface area contributed by atoms with Gasteiger partial charge in [-0.25, -0.2) is 0 Å². The van der Waals surface area contributed by atoms with Gasteiger partial charge < -0.3 is 14.2 Å². The van der Waals surface area contributed by atoms with E-state index >= 15 is 0 Å². The predicted molar refractivity (Wildman–Crippen MR) is 201 cm³/mol. The summed E-state index contributed by atoms with van der Waals surface area (Å²) in [5.41, 5.74) is 9.19. The Morgan fingerprint density at radius 1 is 0.412 bits per heavy atom. The van der Waals surface area contributed by atoms with E-state index in [0.717, 1.165) is 50.7 Å². The van der Waals surface area contributed by atoms with Crippen molar-refractivity contribution in [3.8, 4) is 17.2 Å². The first-order valence-corrected chi connectivity index (χ1v) is 16.5. The van der Waals surface area contributed by atoms with Gasteiger partial charge in [0.1, 0.15) is 36.1 Å². The third-order valence-electron chi connectivity index (χ3n) is 7.99. The van der Waals surface area contributed by atoms with Gasteiger partial charge in [0.15, 0.2) is 0 Å². The summed E-state index contributed by atoms with van der Waals surface area (Å²) in [5, 5.41) is 26.7. The molecule has 0 bridgehead atoms. The van der Waals surface area contributed by atoms with Gasteiger partial charge in [0.25, 0.3) is 0 Å². The molecule has 0 saturated carbocycles. The molecule has 0 heterocycles. The quantitative estimate of drug-likeness (QED) is 0.114. The van der Waals surface area contributed by atoms with Crippen molar-refractivity contribution in [3.63, 3.8) is 0 Å². The van der Waals surface area contributed by atoms with Crippen molar-refractivity contribution in [2.75, 3.05) is 7.11 Å². The van der Waals surface area contributed by atoms with Gasteiger partial charge in [-0.1, -0.05) is 60.7 Å². The summed E-state index contributed by atoms with van der Waals surface area (Å²) >= 11 is 0. The molecule has 0 aliphatic rings. The van der Waals surface area contributed by atoms with E-state index in [0.29, 0.717) is 41.7 Å². The van der Waals surface area contributed by atoms with Crippen LogP contribution in [0, 0.1) is 20.8 Å². The fraction of sp³-hybridized carbons (Fsp3) is 0.143. The van der Waals surface area contributed by atoms with E-state index in [1.807, 2.05) is 154 Å². The molecule has 6 aromatic carbocycles. The molecule has 0 amide bonds. The summed E-state index contributed by atoms with van der Waals surface area (Å²) in [5.74, 6) is 2.11. The third kappa shape index (κ3) is 9.57. The van der Waals surface area contributed by atoms with Crippen molar-refractivity contribution in [1.29, 1.82) is 0 Å². The van der Waals surface area contributed by atoms with Crippen LogP contribution in [0.25, 0.3) is 0 Å². The molecule has 0 aliphatic carbocycles. The maximum atomic E-state index is 5.94. The molecule has 0 radical (unpaired) electrons. The molecular formula is C42H38N6O3. The molecule has 6 aromatic rings. The fourth-order valence-electron chi connectivity index (χ4n) is 5.07. The molecule has 0 aromatic heterocycles. The molecule has 254 valence electrons. The van der Waals surface area contributed by atoms with Gasteiger partial charge in [0, 0.05) is 6.07 Å². The number of ether oxygens (including phenoxy) is 3. The second kappa shape index (κ2) is 16.8. The van der Waals surface area contributed by atoms with Gasteiger partial charge in [-0.3, -0.25) is 0 Å². The Morgan fingerprint density at radius 2 is 0.843 bits per heavy atom. The number of nitrogens with zero attached hydrogens (tertiary/aromatic N) is 6. The van der Waals surface area contributed by atoms with Gasteiger partial charge in [-0.2, -0.15) is 25.6 Å². The zero-order valence-corrected chi connectivity index (χ0v) is 29.0. The van der Waals surface area contributed by atoms with Crippen LogP contribution in [-0.4, -0.2) is 7.11 Å². The van der Waals surface area contributed by atoms with Crippen molar-refractivity contribution in [3.05, 3.63) is 161 Å². The predicted octanol–water partition coefficient (Wildman–Crippen LogP) is 13.0.